The van der Waals surface area contributed by atoms with E-state index in [0.29, 0.717) is 123 Å². The minimum Gasteiger partial charge on any atom is -0.494 e. The highest BCUT2D eigenvalue weighted by Gasteiger charge is 2.41. The minimum absolute atomic E-state index is 0.0192. The standard InChI is InChI=1S/2C29H32FN3O2.2C28H30ClN3O2/c1-31(2)14-7-19-35-21-12-13-27(30)26(20-21)29(34)33-17-15-32(16-18-33)28-24-10-5-3-8-22(24)23-9-4-6-11-25(23)28;1-31(2)14-7-19-35-27-13-12-21(20-26(27)30)29(34)33-17-15-32(16-18-33)28-24-10-5-3-8-22(24)23-9-4-6-11-25(23)28;1-30(2)17-18-34-26-12-11-20(29)19-25(26)28(33)32-15-13-31(14-16-32)27-23-9-5-3-7-21(23)22-8-4-6-10-24(22)27;1-30(2)17-18-34-26-19-20(11-12-25(26)29)28(33)32-15-13-31(14-16-32)27-23-9-5-3-7-21(23)22-8-4-6-10-24(22)27/h2*3-6,8-13,20,28H,7,14-19H2,1-2H3;2*3-12,19,27H,13-18H2,1-2H3. The van der Waals surface area contributed by atoms with E-state index in [9.17, 15) is 28.0 Å². The molecule has 4 fully saturated rings. The van der Waals surface area contributed by atoms with Crippen LogP contribution in [0.2, 0.25) is 10.0 Å². The van der Waals surface area contributed by atoms with Crippen molar-refractivity contribution in [2.24, 2.45) is 0 Å². The van der Waals surface area contributed by atoms with Crippen molar-refractivity contribution in [1.29, 1.82) is 0 Å². The van der Waals surface area contributed by atoms with Crippen molar-refractivity contribution < 1.29 is 46.9 Å². The van der Waals surface area contributed by atoms with Crippen molar-refractivity contribution in [3.63, 3.8) is 0 Å². The maximum Gasteiger partial charge on any atom is 0.257 e. The summed E-state index contributed by atoms with van der Waals surface area (Å²) in [4.78, 5) is 78.7. The number of carbonyl (C=O) groups excluding carboxylic acids is 4. The number of hydrogen-bond acceptors (Lipinski definition) is 16. The van der Waals surface area contributed by atoms with Crippen LogP contribution in [0.25, 0.3) is 44.5 Å². The summed E-state index contributed by atoms with van der Waals surface area (Å²) >= 11 is 12.6. The summed E-state index contributed by atoms with van der Waals surface area (Å²) < 4.78 is 52.3. The van der Waals surface area contributed by atoms with Crippen molar-refractivity contribution in [3.05, 3.63) is 355 Å². The first-order chi connectivity index (χ1) is 67.1. The maximum atomic E-state index is 14.6. The van der Waals surface area contributed by atoms with E-state index < -0.39 is 11.6 Å². The Morgan fingerprint density at radius 3 is 0.928 bits per heavy atom. The van der Waals surface area contributed by atoms with E-state index in [2.05, 4.69) is 228 Å². The predicted octanol–water partition coefficient (Wildman–Crippen LogP) is 19.0. The van der Waals surface area contributed by atoms with Gasteiger partial charge in [-0.05, 0) is 231 Å². The van der Waals surface area contributed by atoms with Gasteiger partial charge in [-0.15, -0.1) is 0 Å². The van der Waals surface area contributed by atoms with Crippen LogP contribution in [0.5, 0.6) is 23.0 Å². The lowest BCUT2D eigenvalue weighted by molar-refractivity contribution is 0.0589. The fourth-order valence-electron chi connectivity index (χ4n) is 20.4. The van der Waals surface area contributed by atoms with Crippen LogP contribution in [-0.2, 0) is 0 Å². The van der Waals surface area contributed by atoms with E-state index in [-0.39, 0.29) is 59.1 Å². The zero-order valence-corrected chi connectivity index (χ0v) is 81.8. The number of rotatable bonds is 26. The summed E-state index contributed by atoms with van der Waals surface area (Å²) in [7, 11) is 16.0. The third kappa shape index (κ3) is 22.2. The summed E-state index contributed by atoms with van der Waals surface area (Å²) in [6.07, 6.45) is 1.68. The third-order valence-electron chi connectivity index (χ3n) is 27.4. The maximum absolute atomic E-state index is 14.6. The third-order valence-corrected chi connectivity index (χ3v) is 27.9. The number of amides is 4. The molecule has 0 bridgehead atoms. The van der Waals surface area contributed by atoms with Gasteiger partial charge in [0.1, 0.15) is 36.3 Å². The second-order valence-electron chi connectivity index (χ2n) is 37.5. The molecule has 24 heteroatoms. The number of ether oxygens (including phenoxy) is 4. The van der Waals surface area contributed by atoms with Crippen molar-refractivity contribution in [1.82, 2.24) is 58.8 Å². The molecule has 0 aromatic heterocycles. The zero-order valence-electron chi connectivity index (χ0n) is 80.2. The number of carbonyl (C=O) groups is 4. The highest BCUT2D eigenvalue weighted by atomic mass is 35.5. The van der Waals surface area contributed by atoms with Crippen molar-refractivity contribution in [3.8, 4) is 67.5 Å². The Labute approximate surface area is 821 Å². The molecule has 12 aromatic rings. The Kier molecular flexibility index (Phi) is 31.9. The summed E-state index contributed by atoms with van der Waals surface area (Å²) in [5, 5.41) is 1.07. The molecule has 0 radical (unpaired) electrons. The van der Waals surface area contributed by atoms with Gasteiger partial charge in [0, 0.05) is 147 Å². The van der Waals surface area contributed by atoms with Crippen molar-refractivity contribution in [2.45, 2.75) is 37.0 Å². The smallest absolute Gasteiger partial charge is 0.257 e. The fraction of sp³-hybridized carbons (Fsp3) is 0.333. The minimum atomic E-state index is -0.503. The molecule has 716 valence electrons. The van der Waals surface area contributed by atoms with Gasteiger partial charge in [0.15, 0.2) is 11.6 Å². The van der Waals surface area contributed by atoms with Crippen LogP contribution in [0, 0.1) is 11.6 Å². The number of fused-ring (bicyclic) bond motifs is 12. The van der Waals surface area contributed by atoms with Gasteiger partial charge in [-0.3, -0.25) is 38.8 Å². The first-order valence-corrected chi connectivity index (χ1v) is 49.0. The number of likely N-dealkylation sites (N-methyl/N-ethyl adjacent to an activating group) is 2. The second-order valence-corrected chi connectivity index (χ2v) is 38.4. The average Bonchev–Trinajstić information content (AvgIpc) is 1.61. The molecule has 4 aliphatic heterocycles. The van der Waals surface area contributed by atoms with Gasteiger partial charge >= 0.3 is 0 Å². The molecule has 8 aliphatic rings. The number of piperazine rings is 4. The van der Waals surface area contributed by atoms with Crippen molar-refractivity contribution >= 4 is 46.8 Å². The van der Waals surface area contributed by atoms with Gasteiger partial charge in [0.05, 0.1) is 53.5 Å². The van der Waals surface area contributed by atoms with Crippen LogP contribution < -0.4 is 18.9 Å². The first-order valence-electron chi connectivity index (χ1n) is 48.3. The molecular formula is C114H124Cl2F2N12O8. The number of nitrogens with zero attached hydrogens (tertiary/aromatic N) is 12. The summed E-state index contributed by atoms with van der Waals surface area (Å²) in [6.45, 7) is 16.8. The summed E-state index contributed by atoms with van der Waals surface area (Å²) in [5.41, 5.74) is 22.8. The molecule has 138 heavy (non-hydrogen) atoms. The van der Waals surface area contributed by atoms with Crippen LogP contribution in [0.1, 0.15) is 123 Å². The molecular weight excluding hydrogens is 1770 g/mol. The molecule has 0 unspecified atom stereocenters. The second kappa shape index (κ2) is 45.2. The Bertz CT molecular complexity index is 6110. The summed E-state index contributed by atoms with van der Waals surface area (Å²) in [5.74, 6) is 0.507. The van der Waals surface area contributed by atoms with E-state index in [1.807, 2.05) is 76.0 Å². The Morgan fingerprint density at radius 2 is 0.580 bits per heavy atom. The fourth-order valence-corrected chi connectivity index (χ4v) is 20.7. The van der Waals surface area contributed by atoms with Gasteiger partial charge < -0.3 is 58.1 Å². The average molecular weight is 1900 g/mol. The molecule has 0 atom stereocenters. The molecule has 0 N–H and O–H groups in total. The normalized spacial score (nSPS) is 15.9. The molecule has 0 saturated carbocycles. The van der Waals surface area contributed by atoms with Gasteiger partial charge in [-0.2, -0.15) is 0 Å². The van der Waals surface area contributed by atoms with Crippen LogP contribution in [0.15, 0.2) is 267 Å². The number of halogens is 4. The SMILES string of the molecule is CN(C)CCCOc1ccc(C(=O)N2CCN(C3c4ccccc4-c4ccccc43)CC2)cc1F.CN(C)CCCOc1ccc(F)c(C(=O)N2CCN(C3c4ccccc4-c4ccccc43)CC2)c1.CN(C)CCOc1cc(C(=O)N2CCN(C3c4ccccc4-c4ccccc43)CC2)ccc1Cl.CN(C)CCOc1ccc(Cl)cc1C(=O)N1CCN(C2c3ccccc3-c3ccccc32)CC1. The summed E-state index contributed by atoms with van der Waals surface area (Å²) in [6, 6.07) is 89.6. The van der Waals surface area contributed by atoms with Gasteiger partial charge in [-0.25, -0.2) is 8.78 Å². The van der Waals surface area contributed by atoms with E-state index >= 15 is 0 Å². The van der Waals surface area contributed by atoms with Gasteiger partial charge in [0.2, 0.25) is 0 Å². The highest BCUT2D eigenvalue weighted by Crippen LogP contribution is 2.51. The molecule has 4 heterocycles. The monoisotopic (exact) mass is 1900 g/mol. The van der Waals surface area contributed by atoms with E-state index in [1.54, 1.807) is 65.6 Å². The Balaban J connectivity index is 0.000000127. The van der Waals surface area contributed by atoms with Crippen molar-refractivity contribution in [2.75, 3.05) is 214 Å². The van der Waals surface area contributed by atoms with E-state index in [4.69, 9.17) is 42.1 Å². The number of hydrogen-bond donors (Lipinski definition) is 0. The lowest BCUT2D eigenvalue weighted by Gasteiger charge is -2.39. The lowest BCUT2D eigenvalue weighted by atomic mass is 10.0. The van der Waals surface area contributed by atoms with E-state index in [0.717, 1.165) is 91.4 Å². The van der Waals surface area contributed by atoms with E-state index in [1.165, 1.54) is 101 Å². The topological polar surface area (TPSA) is 144 Å². The molecule has 0 spiro atoms. The molecule has 12 aromatic carbocycles. The van der Waals surface area contributed by atoms with Crippen LogP contribution in [0.3, 0.4) is 0 Å². The van der Waals surface area contributed by atoms with Crippen LogP contribution in [0.4, 0.5) is 8.78 Å². The zero-order chi connectivity index (χ0) is 96.0. The Hall–Kier alpha value is -12.2. The number of benzene rings is 12. The molecule has 4 saturated heterocycles. The van der Waals surface area contributed by atoms with Gasteiger partial charge in [0.25, 0.3) is 23.6 Å². The molecule has 4 amide bonds. The largest absolute Gasteiger partial charge is 0.494 e. The quantitative estimate of drug-likeness (QED) is 0.0474. The Morgan fingerprint density at radius 1 is 0.283 bits per heavy atom. The predicted molar refractivity (Wildman–Crippen MR) is 546 cm³/mol. The molecule has 20 nitrogen and oxygen atoms in total. The van der Waals surface area contributed by atoms with Crippen LogP contribution in [-0.4, -0.2) is 296 Å². The first kappa shape index (κ1) is 97.5. The lowest BCUT2D eigenvalue weighted by Crippen LogP contribution is -2.49. The van der Waals surface area contributed by atoms with Crippen LogP contribution >= 0.6 is 23.2 Å². The highest BCUT2D eigenvalue weighted by molar-refractivity contribution is 6.32. The van der Waals surface area contributed by atoms with Gasteiger partial charge in [-0.1, -0.05) is 217 Å². The molecule has 4 aliphatic carbocycles. The molecule has 20 rings (SSSR count).